The quantitative estimate of drug-likeness (QED) is 0.645. The van der Waals surface area contributed by atoms with E-state index < -0.39 is 5.69 Å². The fraction of sp³-hybridized carbons (Fsp3) is 0.280. The Bertz CT molecular complexity index is 1200. The van der Waals surface area contributed by atoms with Gasteiger partial charge in [-0.2, -0.15) is 0 Å². The smallest absolute Gasteiger partial charge is 0.328 e. The summed E-state index contributed by atoms with van der Waals surface area (Å²) in [6.07, 6.45) is 1.07. The van der Waals surface area contributed by atoms with E-state index in [9.17, 15) is 9.59 Å². The maximum atomic E-state index is 12.7. The van der Waals surface area contributed by atoms with E-state index in [2.05, 4.69) is 35.0 Å². The van der Waals surface area contributed by atoms with Gasteiger partial charge in [0.25, 0.3) is 5.56 Å². The van der Waals surface area contributed by atoms with Gasteiger partial charge in [-0.1, -0.05) is 60.2 Å². The van der Waals surface area contributed by atoms with Crippen LogP contribution >= 0.6 is 0 Å². The highest BCUT2D eigenvalue weighted by Crippen LogP contribution is 2.16. The minimum absolute atomic E-state index is 0.184. The second-order valence-electron chi connectivity index (χ2n) is 7.45. The van der Waals surface area contributed by atoms with Crippen molar-refractivity contribution in [2.75, 3.05) is 6.61 Å². The van der Waals surface area contributed by atoms with Crippen molar-refractivity contribution in [3.05, 3.63) is 102 Å². The zero-order valence-corrected chi connectivity index (χ0v) is 17.6. The first-order valence-electron chi connectivity index (χ1n) is 10.0. The van der Waals surface area contributed by atoms with E-state index in [0.717, 1.165) is 33.5 Å². The number of nitrogens with one attached hydrogen (secondary N) is 1. The van der Waals surface area contributed by atoms with Crippen LogP contribution in [0.3, 0.4) is 0 Å². The van der Waals surface area contributed by atoms with E-state index in [0.29, 0.717) is 24.9 Å². The third kappa shape index (κ3) is 4.97. The third-order valence-electron chi connectivity index (χ3n) is 5.03. The molecule has 0 aliphatic heterocycles. The Morgan fingerprint density at radius 1 is 1.00 bits per heavy atom. The van der Waals surface area contributed by atoms with E-state index in [1.807, 2.05) is 45.0 Å². The molecule has 3 rings (SSSR count). The van der Waals surface area contributed by atoms with Gasteiger partial charge in [0, 0.05) is 23.2 Å². The highest BCUT2D eigenvalue weighted by molar-refractivity contribution is 5.37. The molecule has 1 heterocycles. The largest absolute Gasteiger partial charge is 0.384 e. The Morgan fingerprint density at radius 3 is 2.27 bits per heavy atom. The Labute approximate surface area is 176 Å². The summed E-state index contributed by atoms with van der Waals surface area (Å²) < 4.78 is 1.66. The number of aryl methyl sites for hydroxylation is 2. The number of nitrogens with zero attached hydrogens (tertiary/aromatic N) is 1. The first-order chi connectivity index (χ1) is 14.4. The molecule has 0 radical (unpaired) electrons. The molecule has 0 saturated heterocycles. The van der Waals surface area contributed by atoms with Crippen molar-refractivity contribution in [3.63, 3.8) is 0 Å². The molecule has 0 amide bonds. The zero-order chi connectivity index (χ0) is 21.7. The molecule has 0 fully saturated rings. The van der Waals surface area contributed by atoms with Gasteiger partial charge in [-0.3, -0.25) is 14.3 Å². The lowest BCUT2D eigenvalue weighted by Crippen LogP contribution is -2.35. The molecule has 0 aliphatic carbocycles. The first kappa shape index (κ1) is 21.4. The van der Waals surface area contributed by atoms with E-state index in [4.69, 9.17) is 5.11 Å². The van der Waals surface area contributed by atoms with Gasteiger partial charge in [0.2, 0.25) is 0 Å². The number of H-pyrrole nitrogens is 1. The molecule has 3 aromatic rings. The number of aliphatic hydroxyl groups excluding tert-OH is 1. The van der Waals surface area contributed by atoms with Gasteiger partial charge in [-0.15, -0.1) is 0 Å². The third-order valence-corrected chi connectivity index (χ3v) is 5.03. The summed E-state index contributed by atoms with van der Waals surface area (Å²) in [6.45, 7) is 6.19. The van der Waals surface area contributed by atoms with Crippen molar-refractivity contribution >= 4 is 0 Å². The molecule has 1 aromatic heterocycles. The van der Waals surface area contributed by atoms with Gasteiger partial charge < -0.3 is 5.11 Å². The first-order valence-corrected chi connectivity index (χ1v) is 10.0. The molecule has 0 spiro atoms. The molecule has 0 atom stereocenters. The number of benzene rings is 2. The van der Waals surface area contributed by atoms with Crippen molar-refractivity contribution < 1.29 is 5.11 Å². The Kier molecular flexibility index (Phi) is 6.71. The Hall–Kier alpha value is -3.36. The molecule has 0 aliphatic rings. The van der Waals surface area contributed by atoms with Gasteiger partial charge in [0.05, 0.1) is 6.54 Å². The van der Waals surface area contributed by atoms with Crippen LogP contribution in [0.5, 0.6) is 0 Å². The van der Waals surface area contributed by atoms with Crippen LogP contribution in [0, 0.1) is 25.7 Å². The van der Waals surface area contributed by atoms with Gasteiger partial charge >= 0.3 is 5.69 Å². The number of aromatic nitrogens is 2. The van der Waals surface area contributed by atoms with E-state index in [-0.39, 0.29) is 12.2 Å². The maximum Gasteiger partial charge on any atom is 0.328 e. The van der Waals surface area contributed by atoms with E-state index >= 15 is 0 Å². The lowest BCUT2D eigenvalue weighted by molar-refractivity contribution is 0.350. The van der Waals surface area contributed by atoms with Crippen LogP contribution < -0.4 is 11.2 Å². The maximum absolute atomic E-state index is 12.7. The van der Waals surface area contributed by atoms with Crippen LogP contribution in [0.4, 0.5) is 0 Å². The molecule has 0 bridgehead atoms. The van der Waals surface area contributed by atoms with E-state index in [1.54, 1.807) is 4.57 Å². The van der Waals surface area contributed by atoms with Crippen LogP contribution in [-0.4, -0.2) is 21.3 Å². The number of hydrogen-bond donors (Lipinski definition) is 2. The number of aliphatic hydroxyl groups is 1. The van der Waals surface area contributed by atoms with E-state index in [1.165, 1.54) is 0 Å². The molecule has 0 saturated carbocycles. The van der Waals surface area contributed by atoms with Gasteiger partial charge in [0.1, 0.15) is 6.61 Å². The summed E-state index contributed by atoms with van der Waals surface area (Å²) in [5.74, 6) is 5.48. The molecular weight excluding hydrogens is 376 g/mol. The monoisotopic (exact) mass is 402 g/mol. The summed E-state index contributed by atoms with van der Waals surface area (Å²) in [6, 6.07) is 13.8. The minimum atomic E-state index is -0.402. The predicted molar refractivity (Wildman–Crippen MR) is 119 cm³/mol. The predicted octanol–water partition coefficient (Wildman–Crippen LogP) is 2.70. The van der Waals surface area contributed by atoms with Crippen molar-refractivity contribution in [2.45, 2.75) is 40.2 Å². The average Bonchev–Trinajstić information content (AvgIpc) is 2.69. The standard InChI is InChI=1S/C25H26N2O3/c1-4-22-23(15-21-13-17(2)12-18(3)14-21)27(25(30)26-24(22)29)16-20-9-7-19(8-10-20)6-5-11-28/h7-10,12-14,28H,4,11,15-16H2,1-3H3,(H,26,29,30). The number of aromatic amines is 1. The molecule has 5 heteroatoms. The molecular formula is C25H26N2O3. The highest BCUT2D eigenvalue weighted by Gasteiger charge is 2.15. The lowest BCUT2D eigenvalue weighted by atomic mass is 10.00. The molecule has 154 valence electrons. The van der Waals surface area contributed by atoms with Gasteiger partial charge in [0.15, 0.2) is 0 Å². The molecule has 2 aromatic carbocycles. The fourth-order valence-electron chi connectivity index (χ4n) is 3.77. The normalized spacial score (nSPS) is 10.5. The second kappa shape index (κ2) is 9.43. The van der Waals surface area contributed by atoms with Crippen LogP contribution in [0.15, 0.2) is 52.1 Å². The van der Waals surface area contributed by atoms with Crippen molar-refractivity contribution in [1.29, 1.82) is 0 Å². The lowest BCUT2D eigenvalue weighted by Gasteiger charge is -2.17. The van der Waals surface area contributed by atoms with Crippen molar-refractivity contribution in [1.82, 2.24) is 9.55 Å². The number of rotatable bonds is 5. The SMILES string of the molecule is CCc1c(Cc2cc(C)cc(C)c2)n(Cc2ccc(C#CCO)cc2)c(=O)[nH]c1=O. The average molecular weight is 402 g/mol. The molecule has 5 nitrogen and oxygen atoms in total. The minimum Gasteiger partial charge on any atom is -0.384 e. The van der Waals surface area contributed by atoms with Crippen molar-refractivity contribution in [3.8, 4) is 11.8 Å². The van der Waals surface area contributed by atoms with Crippen LogP contribution in [-0.2, 0) is 19.4 Å². The van der Waals surface area contributed by atoms with Crippen LogP contribution in [0.2, 0.25) is 0 Å². The zero-order valence-electron chi connectivity index (χ0n) is 17.6. The van der Waals surface area contributed by atoms with Gasteiger partial charge in [-0.25, -0.2) is 4.79 Å². The van der Waals surface area contributed by atoms with Crippen molar-refractivity contribution in [2.24, 2.45) is 0 Å². The highest BCUT2D eigenvalue weighted by atomic mass is 16.2. The summed E-state index contributed by atoms with van der Waals surface area (Å²) in [7, 11) is 0. The summed E-state index contributed by atoms with van der Waals surface area (Å²) >= 11 is 0. The summed E-state index contributed by atoms with van der Waals surface area (Å²) in [5.41, 5.74) is 5.79. The molecule has 0 unspecified atom stereocenters. The Morgan fingerprint density at radius 2 is 1.67 bits per heavy atom. The molecule has 30 heavy (non-hydrogen) atoms. The topological polar surface area (TPSA) is 75.1 Å². The van der Waals surface area contributed by atoms with Crippen LogP contribution in [0.1, 0.15) is 46.0 Å². The fourth-order valence-corrected chi connectivity index (χ4v) is 3.77. The molecule has 2 N–H and O–H groups in total. The second-order valence-corrected chi connectivity index (χ2v) is 7.45. The van der Waals surface area contributed by atoms with Gasteiger partial charge in [-0.05, 0) is 43.5 Å². The Balaban J connectivity index is 2.05. The number of hydrogen-bond acceptors (Lipinski definition) is 3. The summed E-state index contributed by atoms with van der Waals surface area (Å²) in [4.78, 5) is 27.7. The summed E-state index contributed by atoms with van der Waals surface area (Å²) in [5, 5.41) is 8.82. The van der Waals surface area contributed by atoms with Crippen LogP contribution in [0.25, 0.3) is 0 Å².